The third-order valence-corrected chi connectivity index (χ3v) is 5.98. The van der Waals surface area contributed by atoms with Gasteiger partial charge in [-0.1, -0.05) is 36.4 Å². The van der Waals surface area contributed by atoms with E-state index in [0.717, 1.165) is 27.7 Å². The van der Waals surface area contributed by atoms with E-state index in [1.54, 1.807) is 24.3 Å². The molecule has 2 aromatic heterocycles. The van der Waals surface area contributed by atoms with Gasteiger partial charge in [-0.05, 0) is 60.0 Å². The standard InChI is InChI=1S/C27H23N5O3.Li.H/c1-17-9-10-19(15-31-24-8-3-2-7-23(24)29-27(31)28)14-21(17)22-11-12-25(33)32(30-22)16-18-5-4-6-20(13-18)26(34)35;;/h2-14H,15-16H2,1H3,(H2,28,29)(H,34,35);;/q;+1;-1. The molecule has 2 heterocycles. The van der Waals surface area contributed by atoms with Crippen molar-refractivity contribution >= 4 is 23.0 Å². The molecule has 0 aliphatic heterocycles. The number of carboxylic acid groups (broad SMARTS) is 1. The van der Waals surface area contributed by atoms with Gasteiger partial charge in [-0.2, -0.15) is 5.10 Å². The fraction of sp³-hybridized carbons (Fsp3) is 0.111. The predicted octanol–water partition coefficient (Wildman–Crippen LogP) is 1.06. The van der Waals surface area contributed by atoms with Crippen LogP contribution in [0.1, 0.15) is 28.5 Å². The minimum absolute atomic E-state index is 0. The Labute approximate surface area is 220 Å². The number of anilines is 1. The molecule has 176 valence electrons. The summed E-state index contributed by atoms with van der Waals surface area (Å²) in [5.41, 5.74) is 12.2. The first kappa shape index (κ1) is 25.0. The monoisotopic (exact) mass is 473 g/mol. The third-order valence-electron chi connectivity index (χ3n) is 5.98. The number of hydrogen-bond donors (Lipinski definition) is 2. The SMILES string of the molecule is Cc1ccc(Cn2c(N)nc3ccccc32)cc1-c1ccc(=O)n(Cc2cccc(C(=O)O)c2)n1.[H-].[Li+]. The van der Waals surface area contributed by atoms with Crippen LogP contribution in [0.4, 0.5) is 5.95 Å². The minimum Gasteiger partial charge on any atom is -1.00 e. The zero-order valence-electron chi connectivity index (χ0n) is 21.0. The summed E-state index contributed by atoms with van der Waals surface area (Å²) in [6, 6.07) is 23.6. The van der Waals surface area contributed by atoms with Crippen molar-refractivity contribution in [2.24, 2.45) is 0 Å². The number of hydrogen-bond acceptors (Lipinski definition) is 5. The molecular weight excluding hydrogens is 449 g/mol. The molecular formula is C27H24LiN5O3. The second-order valence-electron chi connectivity index (χ2n) is 8.41. The molecule has 36 heavy (non-hydrogen) atoms. The molecule has 0 spiro atoms. The summed E-state index contributed by atoms with van der Waals surface area (Å²) >= 11 is 0. The van der Waals surface area contributed by atoms with E-state index in [-0.39, 0.29) is 38.0 Å². The maximum absolute atomic E-state index is 12.5. The number of rotatable bonds is 6. The van der Waals surface area contributed by atoms with Gasteiger partial charge in [-0.3, -0.25) is 4.79 Å². The number of fused-ring (bicyclic) bond motifs is 1. The Morgan fingerprint density at radius 2 is 1.75 bits per heavy atom. The van der Waals surface area contributed by atoms with Crippen LogP contribution in [0, 0.1) is 6.92 Å². The maximum Gasteiger partial charge on any atom is 1.00 e. The predicted molar refractivity (Wildman–Crippen MR) is 136 cm³/mol. The number of para-hydroxylation sites is 2. The van der Waals surface area contributed by atoms with Crippen molar-refractivity contribution in [3.8, 4) is 11.3 Å². The molecule has 0 radical (unpaired) electrons. The molecule has 0 saturated heterocycles. The quantitative estimate of drug-likeness (QED) is 0.357. The molecule has 9 heteroatoms. The van der Waals surface area contributed by atoms with Crippen molar-refractivity contribution in [2.45, 2.75) is 20.0 Å². The molecule has 5 aromatic rings. The molecule has 0 aliphatic carbocycles. The van der Waals surface area contributed by atoms with Crippen molar-refractivity contribution < 1.29 is 30.2 Å². The Balaban J connectivity index is 0.00000190. The maximum atomic E-state index is 12.5. The molecule has 3 aromatic carbocycles. The second-order valence-corrected chi connectivity index (χ2v) is 8.41. The van der Waals surface area contributed by atoms with Gasteiger partial charge in [0, 0.05) is 11.6 Å². The van der Waals surface area contributed by atoms with Gasteiger partial charge in [0.1, 0.15) is 0 Å². The van der Waals surface area contributed by atoms with Crippen molar-refractivity contribution in [1.82, 2.24) is 19.3 Å². The zero-order valence-corrected chi connectivity index (χ0v) is 20.0. The number of carboxylic acids is 1. The van der Waals surface area contributed by atoms with E-state index in [2.05, 4.69) is 10.1 Å². The van der Waals surface area contributed by atoms with Crippen LogP contribution in [0.5, 0.6) is 0 Å². The van der Waals surface area contributed by atoms with Crippen LogP contribution < -0.4 is 30.2 Å². The fourth-order valence-electron chi connectivity index (χ4n) is 4.17. The van der Waals surface area contributed by atoms with Crippen LogP contribution in [0.3, 0.4) is 0 Å². The summed E-state index contributed by atoms with van der Waals surface area (Å²) in [6.07, 6.45) is 0. The van der Waals surface area contributed by atoms with E-state index in [1.807, 2.05) is 54.0 Å². The summed E-state index contributed by atoms with van der Waals surface area (Å²) in [5.74, 6) is -0.566. The van der Waals surface area contributed by atoms with Crippen LogP contribution in [0.2, 0.25) is 0 Å². The second kappa shape index (κ2) is 10.2. The van der Waals surface area contributed by atoms with Gasteiger partial charge >= 0.3 is 24.8 Å². The average molecular weight is 473 g/mol. The van der Waals surface area contributed by atoms with Gasteiger partial charge in [-0.15, -0.1) is 0 Å². The van der Waals surface area contributed by atoms with Crippen molar-refractivity contribution in [1.29, 1.82) is 0 Å². The molecule has 0 bridgehead atoms. The minimum atomic E-state index is -1.01. The van der Waals surface area contributed by atoms with Crippen molar-refractivity contribution in [3.63, 3.8) is 0 Å². The van der Waals surface area contributed by atoms with Gasteiger partial charge in [0.05, 0.1) is 35.4 Å². The van der Waals surface area contributed by atoms with Gasteiger partial charge in [-0.25, -0.2) is 14.5 Å². The number of aryl methyl sites for hydroxylation is 1. The first-order valence-corrected chi connectivity index (χ1v) is 11.1. The van der Waals surface area contributed by atoms with E-state index in [0.29, 0.717) is 23.8 Å². The first-order chi connectivity index (χ1) is 16.9. The van der Waals surface area contributed by atoms with E-state index in [4.69, 9.17) is 5.73 Å². The van der Waals surface area contributed by atoms with E-state index < -0.39 is 5.97 Å². The summed E-state index contributed by atoms with van der Waals surface area (Å²) in [6.45, 7) is 2.71. The number of nitrogen functional groups attached to an aromatic ring is 1. The van der Waals surface area contributed by atoms with Gasteiger partial charge in [0.25, 0.3) is 5.56 Å². The number of carbonyl (C=O) groups is 1. The normalized spacial score (nSPS) is 10.8. The molecule has 0 fully saturated rings. The zero-order chi connectivity index (χ0) is 24.5. The van der Waals surface area contributed by atoms with Gasteiger partial charge < -0.3 is 16.8 Å². The van der Waals surface area contributed by atoms with Crippen molar-refractivity contribution in [3.05, 3.63) is 111 Å². The summed E-state index contributed by atoms with van der Waals surface area (Å²) in [5, 5.41) is 13.8. The molecule has 5 rings (SSSR count). The molecule has 0 unspecified atom stereocenters. The fourth-order valence-corrected chi connectivity index (χ4v) is 4.17. The van der Waals surface area contributed by atoms with Gasteiger partial charge in [0.2, 0.25) is 5.95 Å². The van der Waals surface area contributed by atoms with Crippen LogP contribution in [0.25, 0.3) is 22.3 Å². The third kappa shape index (κ3) is 4.96. The smallest absolute Gasteiger partial charge is 1.00 e. The topological polar surface area (TPSA) is 116 Å². The molecule has 0 aliphatic rings. The number of imidazole rings is 1. The Morgan fingerprint density at radius 3 is 2.56 bits per heavy atom. The van der Waals surface area contributed by atoms with E-state index in [9.17, 15) is 14.7 Å². The molecule has 3 N–H and O–H groups in total. The summed E-state index contributed by atoms with van der Waals surface area (Å²) < 4.78 is 3.32. The Morgan fingerprint density at radius 1 is 0.972 bits per heavy atom. The molecule has 0 atom stereocenters. The van der Waals surface area contributed by atoms with E-state index in [1.165, 1.54) is 16.8 Å². The van der Waals surface area contributed by atoms with Crippen LogP contribution in [0.15, 0.2) is 83.7 Å². The average Bonchev–Trinajstić information content (AvgIpc) is 3.17. The Kier molecular flexibility index (Phi) is 7.11. The van der Waals surface area contributed by atoms with Crippen molar-refractivity contribution in [2.75, 3.05) is 5.73 Å². The molecule has 0 saturated carbocycles. The van der Waals surface area contributed by atoms with E-state index >= 15 is 0 Å². The van der Waals surface area contributed by atoms with Crippen LogP contribution >= 0.6 is 0 Å². The number of nitrogens with two attached hydrogens (primary N) is 1. The molecule has 8 nitrogen and oxygen atoms in total. The first-order valence-electron chi connectivity index (χ1n) is 11.1. The van der Waals surface area contributed by atoms with Crippen LogP contribution in [-0.4, -0.2) is 30.4 Å². The van der Waals surface area contributed by atoms with Crippen LogP contribution in [-0.2, 0) is 13.1 Å². The van der Waals surface area contributed by atoms with Gasteiger partial charge in [0.15, 0.2) is 0 Å². The number of aromatic carboxylic acids is 1. The largest absolute Gasteiger partial charge is 1.00 e. The Bertz CT molecular complexity index is 1650. The number of nitrogens with zero attached hydrogens (tertiary/aromatic N) is 4. The number of benzene rings is 3. The Hall–Kier alpha value is -4.12. The summed E-state index contributed by atoms with van der Waals surface area (Å²) in [7, 11) is 0. The number of aromatic nitrogens is 4. The molecule has 0 amide bonds. The summed E-state index contributed by atoms with van der Waals surface area (Å²) in [4.78, 5) is 28.2.